The van der Waals surface area contributed by atoms with Gasteiger partial charge in [0.15, 0.2) is 0 Å². The number of benzene rings is 1. The number of aryl methyl sites for hydroxylation is 1. The summed E-state index contributed by atoms with van der Waals surface area (Å²) in [6.07, 6.45) is 1.87. The smallest absolute Gasteiger partial charge is 0.122 e. The maximum atomic E-state index is 6.19. The molecule has 0 aliphatic carbocycles. The van der Waals surface area contributed by atoms with Crippen LogP contribution < -0.4 is 15.2 Å². The Morgan fingerprint density at radius 1 is 1.17 bits per heavy atom. The highest BCUT2D eigenvalue weighted by Crippen LogP contribution is 2.27. The van der Waals surface area contributed by atoms with Crippen molar-refractivity contribution in [1.29, 1.82) is 0 Å². The molecule has 0 amide bonds. The second kappa shape index (κ2) is 5.10. The molecule has 0 saturated carbocycles. The monoisotopic (exact) mass is 247 g/mol. The lowest BCUT2D eigenvalue weighted by Gasteiger charge is -2.13. The van der Waals surface area contributed by atoms with Crippen molar-refractivity contribution in [3.8, 4) is 11.5 Å². The Bertz CT molecular complexity index is 515. The number of aromatic nitrogens is 2. The van der Waals surface area contributed by atoms with Crippen LogP contribution in [0.1, 0.15) is 17.3 Å². The number of nitrogens with zero attached hydrogens (tertiary/aromatic N) is 2. The van der Waals surface area contributed by atoms with Gasteiger partial charge in [0, 0.05) is 19.3 Å². The molecule has 96 valence electrons. The molecule has 0 radical (unpaired) electrons. The molecule has 1 unspecified atom stereocenters. The molecule has 2 N–H and O–H groups in total. The first-order chi connectivity index (χ1) is 8.63. The minimum absolute atomic E-state index is 0.296. The Morgan fingerprint density at radius 3 is 2.22 bits per heavy atom. The van der Waals surface area contributed by atoms with E-state index < -0.39 is 0 Å². The predicted octanol–water partition coefficient (Wildman–Crippen LogP) is 1.49. The van der Waals surface area contributed by atoms with Gasteiger partial charge >= 0.3 is 0 Å². The van der Waals surface area contributed by atoms with Gasteiger partial charge in [-0.15, -0.1) is 0 Å². The van der Waals surface area contributed by atoms with E-state index in [9.17, 15) is 0 Å². The second-order valence-corrected chi connectivity index (χ2v) is 4.04. The molecule has 18 heavy (non-hydrogen) atoms. The lowest BCUT2D eigenvalue weighted by atomic mass is 10.0. The quantitative estimate of drug-likeness (QED) is 0.889. The molecular weight excluding hydrogens is 230 g/mol. The largest absolute Gasteiger partial charge is 0.497 e. The van der Waals surface area contributed by atoms with Gasteiger partial charge in [0.25, 0.3) is 0 Å². The van der Waals surface area contributed by atoms with Crippen molar-refractivity contribution >= 4 is 0 Å². The van der Waals surface area contributed by atoms with E-state index in [2.05, 4.69) is 5.10 Å². The van der Waals surface area contributed by atoms with Crippen molar-refractivity contribution in [2.24, 2.45) is 12.8 Å². The van der Waals surface area contributed by atoms with Gasteiger partial charge in [-0.25, -0.2) is 0 Å². The van der Waals surface area contributed by atoms with E-state index in [1.54, 1.807) is 18.9 Å². The summed E-state index contributed by atoms with van der Waals surface area (Å²) in [6.45, 7) is 0. The summed E-state index contributed by atoms with van der Waals surface area (Å²) in [6, 6.07) is 7.20. The molecule has 2 aromatic rings. The first-order valence-electron chi connectivity index (χ1n) is 5.62. The molecule has 0 aliphatic heterocycles. The van der Waals surface area contributed by atoms with Crippen LogP contribution in [0.15, 0.2) is 30.5 Å². The number of hydrogen-bond donors (Lipinski definition) is 1. The number of hydrogen-bond acceptors (Lipinski definition) is 4. The molecule has 1 aromatic heterocycles. The first-order valence-corrected chi connectivity index (χ1v) is 5.62. The minimum Gasteiger partial charge on any atom is -0.497 e. The minimum atomic E-state index is -0.296. The summed E-state index contributed by atoms with van der Waals surface area (Å²) in [5.74, 6) is 1.44. The number of ether oxygens (including phenoxy) is 2. The summed E-state index contributed by atoms with van der Waals surface area (Å²) in [5.41, 5.74) is 7.91. The molecule has 5 heteroatoms. The summed E-state index contributed by atoms with van der Waals surface area (Å²) >= 11 is 0. The third-order valence-electron chi connectivity index (χ3n) is 2.79. The molecule has 1 atom stereocenters. The van der Waals surface area contributed by atoms with Crippen molar-refractivity contribution in [3.63, 3.8) is 0 Å². The third-order valence-corrected chi connectivity index (χ3v) is 2.79. The zero-order valence-electron chi connectivity index (χ0n) is 10.8. The fraction of sp³-hybridized carbons (Fsp3) is 0.308. The average molecular weight is 247 g/mol. The molecule has 0 bridgehead atoms. The van der Waals surface area contributed by atoms with Gasteiger partial charge in [0.1, 0.15) is 11.5 Å². The van der Waals surface area contributed by atoms with Crippen LogP contribution in [0.25, 0.3) is 0 Å². The zero-order valence-corrected chi connectivity index (χ0v) is 10.8. The van der Waals surface area contributed by atoms with E-state index in [0.29, 0.717) is 0 Å². The molecule has 1 heterocycles. The van der Waals surface area contributed by atoms with E-state index in [1.807, 2.05) is 37.5 Å². The molecule has 0 aliphatic rings. The molecule has 0 fully saturated rings. The van der Waals surface area contributed by atoms with Crippen LogP contribution >= 0.6 is 0 Å². The Labute approximate surface area is 106 Å². The van der Waals surface area contributed by atoms with Crippen LogP contribution in [0.2, 0.25) is 0 Å². The highest BCUT2D eigenvalue weighted by molar-refractivity contribution is 5.41. The topological polar surface area (TPSA) is 62.3 Å². The van der Waals surface area contributed by atoms with E-state index in [1.165, 1.54) is 0 Å². The molecule has 0 spiro atoms. The Balaban J connectivity index is 2.37. The van der Waals surface area contributed by atoms with Crippen LogP contribution in [0.4, 0.5) is 0 Å². The van der Waals surface area contributed by atoms with Gasteiger partial charge < -0.3 is 15.2 Å². The van der Waals surface area contributed by atoms with E-state index in [0.717, 1.165) is 22.8 Å². The Kier molecular flexibility index (Phi) is 3.53. The Hall–Kier alpha value is -2.01. The standard InChI is InChI=1S/C13H17N3O2/c1-16-5-4-12(15-16)13(14)9-6-10(17-2)8-11(7-9)18-3/h4-8,13H,14H2,1-3H3. The van der Waals surface area contributed by atoms with Gasteiger partial charge in [-0.05, 0) is 23.8 Å². The SMILES string of the molecule is COc1cc(OC)cc(C(N)c2ccn(C)n2)c1. The lowest BCUT2D eigenvalue weighted by molar-refractivity contribution is 0.393. The van der Waals surface area contributed by atoms with E-state index in [-0.39, 0.29) is 6.04 Å². The van der Waals surface area contributed by atoms with Crippen molar-refractivity contribution in [3.05, 3.63) is 41.7 Å². The van der Waals surface area contributed by atoms with Gasteiger partial charge in [0.05, 0.1) is 26.0 Å². The summed E-state index contributed by atoms with van der Waals surface area (Å²) in [4.78, 5) is 0. The molecule has 0 saturated heterocycles. The van der Waals surface area contributed by atoms with Gasteiger partial charge in [0.2, 0.25) is 0 Å². The van der Waals surface area contributed by atoms with Crippen molar-refractivity contribution in [1.82, 2.24) is 9.78 Å². The molecule has 1 aromatic carbocycles. The second-order valence-electron chi connectivity index (χ2n) is 4.04. The van der Waals surface area contributed by atoms with Crippen LogP contribution in [-0.2, 0) is 7.05 Å². The van der Waals surface area contributed by atoms with E-state index in [4.69, 9.17) is 15.2 Å². The molecular formula is C13H17N3O2. The molecule has 5 nitrogen and oxygen atoms in total. The lowest BCUT2D eigenvalue weighted by Crippen LogP contribution is -2.13. The van der Waals surface area contributed by atoms with Crippen molar-refractivity contribution < 1.29 is 9.47 Å². The fourth-order valence-corrected chi connectivity index (χ4v) is 1.78. The summed E-state index contributed by atoms with van der Waals surface area (Å²) < 4.78 is 12.2. The fourth-order valence-electron chi connectivity index (χ4n) is 1.78. The Morgan fingerprint density at radius 2 is 1.78 bits per heavy atom. The van der Waals surface area contributed by atoms with Gasteiger partial charge in [-0.3, -0.25) is 4.68 Å². The third kappa shape index (κ3) is 2.46. The maximum absolute atomic E-state index is 6.19. The maximum Gasteiger partial charge on any atom is 0.122 e. The molecule has 2 rings (SSSR count). The van der Waals surface area contributed by atoms with Gasteiger partial charge in [-0.1, -0.05) is 0 Å². The van der Waals surface area contributed by atoms with E-state index >= 15 is 0 Å². The van der Waals surface area contributed by atoms with Crippen LogP contribution in [0.5, 0.6) is 11.5 Å². The normalized spacial score (nSPS) is 12.2. The zero-order chi connectivity index (χ0) is 13.1. The summed E-state index contributed by atoms with van der Waals surface area (Å²) in [5, 5.41) is 4.31. The highest BCUT2D eigenvalue weighted by Gasteiger charge is 2.14. The predicted molar refractivity (Wildman–Crippen MR) is 68.8 cm³/mol. The number of methoxy groups -OCH3 is 2. The van der Waals surface area contributed by atoms with Crippen molar-refractivity contribution in [2.45, 2.75) is 6.04 Å². The van der Waals surface area contributed by atoms with Crippen LogP contribution in [-0.4, -0.2) is 24.0 Å². The summed E-state index contributed by atoms with van der Waals surface area (Å²) in [7, 11) is 5.10. The van der Waals surface area contributed by atoms with Crippen molar-refractivity contribution in [2.75, 3.05) is 14.2 Å². The number of rotatable bonds is 4. The van der Waals surface area contributed by atoms with Gasteiger partial charge in [-0.2, -0.15) is 5.10 Å². The highest BCUT2D eigenvalue weighted by atomic mass is 16.5. The average Bonchev–Trinajstić information content (AvgIpc) is 2.83. The first kappa shape index (κ1) is 12.4. The van der Waals surface area contributed by atoms with Crippen LogP contribution in [0.3, 0.4) is 0 Å². The number of nitrogens with two attached hydrogens (primary N) is 1. The van der Waals surface area contributed by atoms with Crippen LogP contribution in [0, 0.1) is 0 Å².